The first kappa shape index (κ1) is 18.4. The average molecular weight is 389 g/mol. The Morgan fingerprint density at radius 1 is 1.26 bits per heavy atom. The summed E-state index contributed by atoms with van der Waals surface area (Å²) >= 11 is 5.78. The second kappa shape index (κ2) is 7.46. The van der Waals surface area contributed by atoms with Gasteiger partial charge in [0.15, 0.2) is 5.75 Å². The molecule has 0 spiro atoms. The predicted molar refractivity (Wildman–Crippen MR) is 99.2 cm³/mol. The van der Waals surface area contributed by atoms with E-state index in [1.54, 1.807) is 12.1 Å². The maximum Gasteiger partial charge on any atom is 0.336 e. The Morgan fingerprint density at radius 3 is 2.74 bits per heavy atom. The third-order valence-corrected chi connectivity index (χ3v) is 3.89. The molecule has 8 nitrogen and oxygen atoms in total. The van der Waals surface area contributed by atoms with E-state index in [1.165, 1.54) is 37.3 Å². The molecule has 0 radical (unpaired) electrons. The third-order valence-electron chi connectivity index (χ3n) is 3.65. The van der Waals surface area contributed by atoms with Crippen molar-refractivity contribution in [2.45, 2.75) is 13.5 Å². The molecule has 138 valence electrons. The normalized spacial score (nSPS) is 10.6. The van der Waals surface area contributed by atoms with Gasteiger partial charge in [-0.25, -0.2) is 4.79 Å². The molecule has 0 aliphatic heterocycles. The Morgan fingerprint density at radius 2 is 2.04 bits per heavy atom. The number of carbonyl (C=O) groups excluding carboxylic acids is 1. The number of anilines is 1. The van der Waals surface area contributed by atoms with Crippen molar-refractivity contribution in [2.75, 3.05) is 5.32 Å². The van der Waals surface area contributed by atoms with E-state index in [0.29, 0.717) is 16.6 Å². The van der Waals surface area contributed by atoms with Crippen molar-refractivity contribution in [2.24, 2.45) is 0 Å². The maximum atomic E-state index is 11.8. The highest BCUT2D eigenvalue weighted by Gasteiger charge is 2.17. The Labute approximate surface area is 157 Å². The molecular weight excluding hydrogens is 376 g/mol. The smallest absolute Gasteiger partial charge is 0.336 e. The summed E-state index contributed by atoms with van der Waals surface area (Å²) in [5, 5.41) is 14.5. The minimum atomic E-state index is -0.605. The first-order valence-electron chi connectivity index (χ1n) is 7.74. The minimum Gasteiger partial charge on any atom is -0.482 e. The van der Waals surface area contributed by atoms with Gasteiger partial charge in [-0.05, 0) is 24.3 Å². The summed E-state index contributed by atoms with van der Waals surface area (Å²) < 4.78 is 10.7. The molecule has 3 rings (SSSR count). The van der Waals surface area contributed by atoms with Crippen molar-refractivity contribution in [1.29, 1.82) is 0 Å². The number of nitro groups is 1. The fourth-order valence-corrected chi connectivity index (χ4v) is 2.71. The quantitative estimate of drug-likeness (QED) is 0.403. The van der Waals surface area contributed by atoms with Crippen LogP contribution in [0.2, 0.25) is 5.02 Å². The monoisotopic (exact) mass is 388 g/mol. The zero-order valence-electron chi connectivity index (χ0n) is 14.0. The van der Waals surface area contributed by atoms with Gasteiger partial charge in [0.05, 0.1) is 4.92 Å². The first-order chi connectivity index (χ1) is 12.8. The van der Waals surface area contributed by atoms with Crippen molar-refractivity contribution in [1.82, 2.24) is 0 Å². The largest absolute Gasteiger partial charge is 0.482 e. The van der Waals surface area contributed by atoms with Gasteiger partial charge in [-0.15, -0.1) is 0 Å². The molecule has 1 N–H and O–H groups in total. The Hall–Kier alpha value is -3.39. The summed E-state index contributed by atoms with van der Waals surface area (Å²) in [6, 6.07) is 10.1. The van der Waals surface area contributed by atoms with E-state index >= 15 is 0 Å². The number of fused-ring (bicyclic) bond motifs is 1. The van der Waals surface area contributed by atoms with Gasteiger partial charge in [0, 0.05) is 46.8 Å². The number of nitro benzene ring substituents is 1. The molecule has 9 heteroatoms. The van der Waals surface area contributed by atoms with Gasteiger partial charge in [-0.1, -0.05) is 11.6 Å². The van der Waals surface area contributed by atoms with Gasteiger partial charge in [-0.3, -0.25) is 14.9 Å². The number of hydrogen-bond acceptors (Lipinski definition) is 6. The fourth-order valence-electron chi connectivity index (χ4n) is 2.54. The van der Waals surface area contributed by atoms with E-state index in [9.17, 15) is 19.7 Å². The maximum absolute atomic E-state index is 11.8. The Balaban J connectivity index is 1.95. The standard InChI is InChI=1S/C18H13ClN2O6/c1-10(22)20-13-3-4-14-11(6-18(23)27-17(14)8-13)9-26-16-5-2-12(19)7-15(16)21(24)25/h2-8H,9H2,1H3,(H,20,22). The number of carbonyl (C=O) groups is 1. The van der Waals surface area contributed by atoms with Gasteiger partial charge >= 0.3 is 11.3 Å². The number of rotatable bonds is 5. The molecule has 0 unspecified atom stereocenters. The second-order valence-corrected chi connectivity index (χ2v) is 6.08. The van der Waals surface area contributed by atoms with E-state index < -0.39 is 10.5 Å². The molecule has 27 heavy (non-hydrogen) atoms. The fraction of sp³-hybridized carbons (Fsp3) is 0.111. The van der Waals surface area contributed by atoms with E-state index in [4.69, 9.17) is 20.8 Å². The highest BCUT2D eigenvalue weighted by molar-refractivity contribution is 6.30. The van der Waals surface area contributed by atoms with Gasteiger partial charge < -0.3 is 14.5 Å². The molecule has 0 atom stereocenters. The van der Waals surface area contributed by atoms with Crippen LogP contribution in [0.5, 0.6) is 5.75 Å². The van der Waals surface area contributed by atoms with Crippen molar-refractivity contribution in [3.63, 3.8) is 0 Å². The summed E-state index contributed by atoms with van der Waals surface area (Å²) in [6.07, 6.45) is 0. The lowest BCUT2D eigenvalue weighted by Gasteiger charge is -2.10. The van der Waals surface area contributed by atoms with Crippen molar-refractivity contribution >= 4 is 39.9 Å². The molecule has 2 aromatic carbocycles. The molecule has 0 saturated carbocycles. The zero-order chi connectivity index (χ0) is 19.6. The topological polar surface area (TPSA) is 112 Å². The average Bonchev–Trinajstić information content (AvgIpc) is 2.59. The lowest BCUT2D eigenvalue weighted by molar-refractivity contribution is -0.385. The highest BCUT2D eigenvalue weighted by atomic mass is 35.5. The van der Waals surface area contributed by atoms with Gasteiger partial charge in [0.2, 0.25) is 5.91 Å². The number of hydrogen-bond donors (Lipinski definition) is 1. The number of benzene rings is 2. The first-order valence-corrected chi connectivity index (χ1v) is 8.12. The SMILES string of the molecule is CC(=O)Nc1ccc2c(COc3ccc(Cl)cc3[N+](=O)[O-])cc(=O)oc2c1. The summed E-state index contributed by atoms with van der Waals surface area (Å²) in [4.78, 5) is 33.5. The van der Waals surface area contributed by atoms with Crippen LogP contribution in [-0.4, -0.2) is 10.8 Å². The van der Waals surface area contributed by atoms with E-state index in [1.807, 2.05) is 0 Å². The summed E-state index contributed by atoms with van der Waals surface area (Å²) in [5.41, 5.74) is 0.344. The Kier molecular flexibility index (Phi) is 5.09. The molecule has 0 fully saturated rings. The van der Waals surface area contributed by atoms with Crippen molar-refractivity contribution in [3.05, 3.63) is 73.6 Å². The van der Waals surface area contributed by atoms with Crippen LogP contribution in [-0.2, 0) is 11.4 Å². The van der Waals surface area contributed by atoms with Gasteiger partial charge in [0.1, 0.15) is 12.2 Å². The highest BCUT2D eigenvalue weighted by Crippen LogP contribution is 2.31. The van der Waals surface area contributed by atoms with E-state index in [2.05, 4.69) is 5.32 Å². The van der Waals surface area contributed by atoms with Crippen LogP contribution in [0.3, 0.4) is 0 Å². The number of halogens is 1. The summed E-state index contributed by atoms with van der Waals surface area (Å²) in [7, 11) is 0. The molecule has 0 aliphatic carbocycles. The van der Waals surface area contributed by atoms with Crippen LogP contribution in [0.15, 0.2) is 51.7 Å². The predicted octanol–water partition coefficient (Wildman–Crippen LogP) is 3.89. The van der Waals surface area contributed by atoms with Crippen LogP contribution in [0.1, 0.15) is 12.5 Å². The molecule has 0 saturated heterocycles. The zero-order valence-corrected chi connectivity index (χ0v) is 14.8. The van der Waals surface area contributed by atoms with Gasteiger partial charge in [-0.2, -0.15) is 0 Å². The number of ether oxygens (including phenoxy) is 1. The van der Waals surface area contributed by atoms with Crippen molar-refractivity contribution < 1.29 is 18.9 Å². The minimum absolute atomic E-state index is 0.0284. The van der Waals surface area contributed by atoms with E-state index in [0.717, 1.165) is 0 Å². The molecule has 1 aromatic heterocycles. The Bertz CT molecular complexity index is 1110. The van der Waals surface area contributed by atoms with Gasteiger partial charge in [0.25, 0.3) is 0 Å². The number of amides is 1. The van der Waals surface area contributed by atoms with Crippen LogP contribution >= 0.6 is 11.6 Å². The molecule has 0 bridgehead atoms. The van der Waals surface area contributed by atoms with Crippen molar-refractivity contribution in [3.8, 4) is 5.75 Å². The van der Waals surface area contributed by atoms with Crippen LogP contribution in [0, 0.1) is 10.1 Å². The van der Waals surface area contributed by atoms with Crippen LogP contribution < -0.4 is 15.7 Å². The molecular formula is C18H13ClN2O6. The molecule has 1 heterocycles. The van der Waals surface area contributed by atoms with Crippen LogP contribution in [0.4, 0.5) is 11.4 Å². The van der Waals surface area contributed by atoms with Crippen LogP contribution in [0.25, 0.3) is 11.0 Å². The third kappa shape index (κ3) is 4.24. The summed E-state index contributed by atoms with van der Waals surface area (Å²) in [5.74, 6) is -0.230. The van der Waals surface area contributed by atoms with E-state index in [-0.39, 0.29) is 34.6 Å². The second-order valence-electron chi connectivity index (χ2n) is 5.64. The number of nitrogens with zero attached hydrogens (tertiary/aromatic N) is 1. The lowest BCUT2D eigenvalue weighted by Crippen LogP contribution is -2.07. The molecule has 3 aromatic rings. The summed E-state index contributed by atoms with van der Waals surface area (Å²) in [6.45, 7) is 1.27. The lowest BCUT2D eigenvalue weighted by atomic mass is 10.1. The number of nitrogens with one attached hydrogen (secondary N) is 1. The molecule has 1 amide bonds. The molecule has 0 aliphatic rings.